The van der Waals surface area contributed by atoms with E-state index in [-0.39, 0.29) is 6.61 Å². The van der Waals surface area contributed by atoms with Crippen molar-refractivity contribution in [2.75, 3.05) is 19.1 Å². The zero-order valence-corrected chi connectivity index (χ0v) is 16.0. The van der Waals surface area contributed by atoms with Crippen molar-refractivity contribution >= 4 is 21.9 Å². The molecule has 0 spiro atoms. The first-order valence-electron chi connectivity index (χ1n) is 7.55. The Morgan fingerprint density at radius 3 is 2.22 bits per heavy atom. The van der Waals surface area contributed by atoms with Crippen LogP contribution in [0.5, 0.6) is 0 Å². The molecule has 0 aliphatic rings. The van der Waals surface area contributed by atoms with E-state index in [0.29, 0.717) is 6.54 Å². The van der Waals surface area contributed by atoms with E-state index < -0.39 is 10.1 Å². The molecule has 0 aliphatic carbocycles. The number of aromatic nitrogens is 1. The minimum absolute atomic E-state index is 0.143. The minimum atomic E-state index is -3.39. The number of hydrogen-bond acceptors (Lipinski definition) is 4. The van der Waals surface area contributed by atoms with Gasteiger partial charge in [-0.25, -0.2) is 0 Å². The van der Waals surface area contributed by atoms with Crippen molar-refractivity contribution in [2.45, 2.75) is 32.2 Å². The van der Waals surface area contributed by atoms with Crippen LogP contribution >= 0.6 is 11.8 Å². The maximum absolute atomic E-state index is 11.0. The zero-order valence-electron chi connectivity index (χ0n) is 14.4. The molecule has 128 valence electrons. The highest BCUT2D eigenvalue weighted by molar-refractivity contribution is 7.98. The Morgan fingerprint density at radius 2 is 1.70 bits per heavy atom. The van der Waals surface area contributed by atoms with E-state index in [2.05, 4.69) is 28.8 Å². The van der Waals surface area contributed by atoms with Crippen LogP contribution in [0.25, 0.3) is 11.3 Å². The monoisotopic (exact) mass is 355 g/mol. The molecule has 0 N–H and O–H groups in total. The van der Waals surface area contributed by atoms with Crippen LogP contribution in [-0.2, 0) is 20.8 Å². The first-order valence-corrected chi connectivity index (χ1v) is 10.6. The normalized spacial score (nSPS) is 11.0. The highest BCUT2D eigenvalue weighted by Crippen LogP contribution is 2.25. The number of thioether (sulfide) groups is 1. The molecule has 2 aromatic rings. The lowest BCUT2D eigenvalue weighted by Crippen LogP contribution is -2.12. The van der Waals surface area contributed by atoms with Gasteiger partial charge in [-0.05, 0) is 43.0 Å². The lowest BCUT2D eigenvalue weighted by molar-refractivity contribution is 0.304. The van der Waals surface area contributed by atoms with Crippen LogP contribution in [0.3, 0.4) is 0 Å². The maximum Gasteiger partial charge on any atom is 0.264 e. The van der Waals surface area contributed by atoms with Gasteiger partial charge >= 0.3 is 0 Å². The average Bonchev–Trinajstić information content (AvgIpc) is 2.89. The van der Waals surface area contributed by atoms with Crippen molar-refractivity contribution in [1.29, 1.82) is 0 Å². The fourth-order valence-electron chi connectivity index (χ4n) is 2.16. The van der Waals surface area contributed by atoms with Crippen molar-refractivity contribution in [3.8, 4) is 11.3 Å². The van der Waals surface area contributed by atoms with Gasteiger partial charge < -0.3 is 4.57 Å². The van der Waals surface area contributed by atoms with Crippen molar-refractivity contribution < 1.29 is 12.6 Å². The lowest BCUT2D eigenvalue weighted by Gasteiger charge is -2.12. The fourth-order valence-corrected chi connectivity index (χ4v) is 2.95. The molecule has 1 heterocycles. The predicted octanol–water partition coefficient (Wildman–Crippen LogP) is 4.19. The molecule has 4 nitrogen and oxygen atoms in total. The molecule has 0 aliphatic heterocycles. The largest absolute Gasteiger partial charge is 0.343 e. The van der Waals surface area contributed by atoms with Crippen LogP contribution in [0.2, 0.25) is 0 Å². The molecule has 0 saturated heterocycles. The number of hydrogen-bond donors (Lipinski definition) is 0. The van der Waals surface area contributed by atoms with Gasteiger partial charge in [-0.3, -0.25) is 4.18 Å². The Morgan fingerprint density at radius 1 is 1.09 bits per heavy atom. The number of aryl methyl sites for hydroxylation is 1. The van der Waals surface area contributed by atoms with Crippen LogP contribution < -0.4 is 0 Å². The Kier molecular flexibility index (Phi) is 7.88. The van der Waals surface area contributed by atoms with Crippen LogP contribution in [0.15, 0.2) is 41.3 Å². The molecule has 0 radical (unpaired) electrons. The van der Waals surface area contributed by atoms with Crippen molar-refractivity contribution in [2.24, 2.45) is 0 Å². The number of nitrogens with zero attached hydrogens (tertiary/aromatic N) is 1. The van der Waals surface area contributed by atoms with E-state index in [9.17, 15) is 8.42 Å². The average molecular weight is 356 g/mol. The van der Waals surface area contributed by atoms with E-state index in [1.165, 1.54) is 4.90 Å². The van der Waals surface area contributed by atoms with Gasteiger partial charge in [0.2, 0.25) is 0 Å². The third-order valence-corrected chi connectivity index (χ3v) is 4.54. The molecule has 0 atom stereocenters. The molecule has 1 aromatic carbocycles. The molecule has 2 rings (SSSR count). The third kappa shape index (κ3) is 6.05. The Bertz CT molecular complexity index is 704. The highest BCUT2D eigenvalue weighted by Gasteiger charge is 2.09. The summed E-state index contributed by atoms with van der Waals surface area (Å²) in [7, 11) is -3.39. The smallest absolute Gasteiger partial charge is 0.264 e. The van der Waals surface area contributed by atoms with E-state index in [1.54, 1.807) is 11.8 Å². The van der Waals surface area contributed by atoms with Gasteiger partial charge in [0, 0.05) is 22.8 Å². The molecular formula is C17H25NO3S2. The summed E-state index contributed by atoms with van der Waals surface area (Å²) in [5, 5.41) is 0. The standard InChI is InChI=1S/C15H19NO3S2.C2H6/c1-12-4-9-15(13-5-7-14(20-2)8-6-13)16(12)10-11-19-21(3,17)18;1-2/h4-9H,10-11H2,1-3H3;1-2H3. The fraction of sp³-hybridized carbons (Fsp3) is 0.412. The molecule has 1 aromatic heterocycles. The minimum Gasteiger partial charge on any atom is -0.343 e. The topological polar surface area (TPSA) is 48.3 Å². The van der Waals surface area contributed by atoms with E-state index >= 15 is 0 Å². The number of benzene rings is 1. The molecule has 6 heteroatoms. The van der Waals surface area contributed by atoms with Crippen LogP contribution in [-0.4, -0.2) is 32.1 Å². The Hall–Kier alpha value is -1.24. The SMILES string of the molecule is CC.CSc1ccc(-c2ccc(C)n2CCOS(C)(=O)=O)cc1. The maximum atomic E-state index is 11.0. The summed E-state index contributed by atoms with van der Waals surface area (Å²) in [6.07, 6.45) is 3.11. The van der Waals surface area contributed by atoms with Gasteiger partial charge in [-0.2, -0.15) is 8.42 Å². The summed E-state index contributed by atoms with van der Waals surface area (Å²) in [5.41, 5.74) is 3.26. The summed E-state index contributed by atoms with van der Waals surface area (Å²) >= 11 is 1.71. The Balaban J connectivity index is 0.00000127. The summed E-state index contributed by atoms with van der Waals surface area (Å²) in [6, 6.07) is 12.4. The Labute approximate surface area is 144 Å². The van der Waals surface area contributed by atoms with Crippen molar-refractivity contribution in [1.82, 2.24) is 4.57 Å². The zero-order chi connectivity index (χ0) is 17.5. The summed E-state index contributed by atoms with van der Waals surface area (Å²) < 4.78 is 29.0. The second kappa shape index (κ2) is 9.15. The quantitative estimate of drug-likeness (QED) is 0.576. The summed E-state index contributed by atoms with van der Waals surface area (Å²) in [5.74, 6) is 0. The van der Waals surface area contributed by atoms with Crippen LogP contribution in [0.1, 0.15) is 19.5 Å². The third-order valence-electron chi connectivity index (χ3n) is 3.20. The van der Waals surface area contributed by atoms with Crippen LogP contribution in [0, 0.1) is 6.92 Å². The van der Waals surface area contributed by atoms with E-state index in [0.717, 1.165) is 23.2 Å². The summed E-state index contributed by atoms with van der Waals surface area (Å²) in [6.45, 7) is 6.65. The molecule has 0 unspecified atom stereocenters. The molecule has 0 amide bonds. The van der Waals surface area contributed by atoms with Crippen molar-refractivity contribution in [3.63, 3.8) is 0 Å². The lowest BCUT2D eigenvalue weighted by atomic mass is 10.1. The highest BCUT2D eigenvalue weighted by atomic mass is 32.2. The van der Waals surface area contributed by atoms with E-state index in [4.69, 9.17) is 4.18 Å². The second-order valence-electron chi connectivity index (χ2n) is 4.77. The molecule has 0 fully saturated rings. The second-order valence-corrected chi connectivity index (χ2v) is 7.29. The number of rotatable bonds is 6. The van der Waals surface area contributed by atoms with Gasteiger partial charge in [-0.15, -0.1) is 11.8 Å². The first kappa shape index (κ1) is 19.8. The first-order chi connectivity index (χ1) is 10.9. The van der Waals surface area contributed by atoms with Gasteiger partial charge in [-0.1, -0.05) is 26.0 Å². The van der Waals surface area contributed by atoms with Gasteiger partial charge in [0.1, 0.15) is 0 Å². The van der Waals surface area contributed by atoms with Gasteiger partial charge in [0.05, 0.1) is 12.9 Å². The van der Waals surface area contributed by atoms with Crippen molar-refractivity contribution in [3.05, 3.63) is 42.1 Å². The molecule has 23 heavy (non-hydrogen) atoms. The van der Waals surface area contributed by atoms with Crippen LogP contribution in [0.4, 0.5) is 0 Å². The molecule has 0 bridgehead atoms. The predicted molar refractivity (Wildman–Crippen MR) is 98.5 cm³/mol. The van der Waals surface area contributed by atoms with Gasteiger partial charge in [0.25, 0.3) is 10.1 Å². The van der Waals surface area contributed by atoms with Gasteiger partial charge in [0.15, 0.2) is 0 Å². The molecule has 0 saturated carbocycles. The summed E-state index contributed by atoms with van der Waals surface area (Å²) in [4.78, 5) is 1.22. The van der Waals surface area contributed by atoms with E-state index in [1.807, 2.05) is 39.2 Å². The molecular weight excluding hydrogens is 330 g/mol.